The first-order valence-corrected chi connectivity index (χ1v) is 7.59. The van der Waals surface area contributed by atoms with Gasteiger partial charge in [0.25, 0.3) is 0 Å². The fraction of sp³-hybridized carbons (Fsp3) is 0.278. The molecule has 128 valence electrons. The molecule has 0 fully saturated rings. The fourth-order valence-corrected chi connectivity index (χ4v) is 2.35. The Morgan fingerprint density at radius 2 is 1.88 bits per heavy atom. The number of ether oxygens (including phenoxy) is 2. The first-order valence-electron chi connectivity index (χ1n) is 7.59. The van der Waals surface area contributed by atoms with Crippen LogP contribution in [0.25, 0.3) is 0 Å². The van der Waals surface area contributed by atoms with Crippen molar-refractivity contribution in [2.24, 2.45) is 0 Å². The molecular weight excluding hydrogens is 311 g/mol. The van der Waals surface area contributed by atoms with Crippen molar-refractivity contribution in [3.05, 3.63) is 48.3 Å². The summed E-state index contributed by atoms with van der Waals surface area (Å²) in [5, 5.41) is 2.81. The maximum absolute atomic E-state index is 13.3. The van der Waals surface area contributed by atoms with Crippen LogP contribution in [0.4, 0.5) is 15.8 Å². The highest BCUT2D eigenvalue weighted by Gasteiger charge is 2.12. The molecule has 2 aromatic carbocycles. The van der Waals surface area contributed by atoms with Crippen LogP contribution in [0.15, 0.2) is 42.5 Å². The van der Waals surface area contributed by atoms with E-state index in [1.807, 2.05) is 6.92 Å². The second-order valence-corrected chi connectivity index (χ2v) is 5.11. The molecule has 0 saturated heterocycles. The lowest BCUT2D eigenvalue weighted by molar-refractivity contribution is -0.115. The Hall–Kier alpha value is -2.76. The van der Waals surface area contributed by atoms with Gasteiger partial charge in [-0.1, -0.05) is 6.07 Å². The zero-order valence-electron chi connectivity index (χ0n) is 14.0. The summed E-state index contributed by atoms with van der Waals surface area (Å²) in [5.74, 6) is 0.595. The van der Waals surface area contributed by atoms with Gasteiger partial charge in [-0.3, -0.25) is 4.79 Å². The van der Waals surface area contributed by atoms with Crippen LogP contribution in [0.5, 0.6) is 11.5 Å². The minimum atomic E-state index is -0.328. The average molecular weight is 332 g/mol. The molecule has 1 N–H and O–H groups in total. The summed E-state index contributed by atoms with van der Waals surface area (Å²) in [4.78, 5) is 14.1. The normalized spacial score (nSPS) is 10.2. The summed E-state index contributed by atoms with van der Waals surface area (Å²) in [7, 11) is 3.08. The summed E-state index contributed by atoms with van der Waals surface area (Å²) in [6, 6.07) is 11.3. The lowest BCUT2D eigenvalue weighted by Gasteiger charge is -2.22. The Kier molecular flexibility index (Phi) is 6.01. The molecule has 0 atom stereocenters. The summed E-state index contributed by atoms with van der Waals surface area (Å²) >= 11 is 0. The van der Waals surface area contributed by atoms with Crippen molar-refractivity contribution in [1.29, 1.82) is 0 Å². The van der Waals surface area contributed by atoms with E-state index in [0.29, 0.717) is 29.4 Å². The third-order valence-electron chi connectivity index (χ3n) is 3.56. The highest BCUT2D eigenvalue weighted by atomic mass is 19.1. The molecular formula is C18H21FN2O3. The van der Waals surface area contributed by atoms with Crippen LogP contribution < -0.4 is 19.7 Å². The van der Waals surface area contributed by atoms with Gasteiger partial charge >= 0.3 is 0 Å². The van der Waals surface area contributed by atoms with Crippen molar-refractivity contribution in [2.45, 2.75) is 6.92 Å². The van der Waals surface area contributed by atoms with Crippen molar-refractivity contribution in [3.63, 3.8) is 0 Å². The third kappa shape index (κ3) is 4.38. The number of anilines is 2. The van der Waals surface area contributed by atoms with E-state index in [1.165, 1.54) is 19.2 Å². The molecule has 0 aliphatic rings. The van der Waals surface area contributed by atoms with Crippen LogP contribution in [0.2, 0.25) is 0 Å². The predicted octanol–water partition coefficient (Wildman–Crippen LogP) is 3.31. The zero-order valence-corrected chi connectivity index (χ0v) is 14.0. The van der Waals surface area contributed by atoms with Crippen LogP contribution in [0, 0.1) is 5.82 Å². The van der Waals surface area contributed by atoms with Crippen molar-refractivity contribution in [2.75, 3.05) is 37.5 Å². The molecule has 0 aromatic heterocycles. The topological polar surface area (TPSA) is 50.8 Å². The van der Waals surface area contributed by atoms with E-state index >= 15 is 0 Å². The zero-order chi connectivity index (χ0) is 17.5. The van der Waals surface area contributed by atoms with E-state index in [-0.39, 0.29) is 18.3 Å². The SMILES string of the molecule is CCN(CC(=O)Nc1ccc(OC)c(OC)c1)c1cccc(F)c1. The summed E-state index contributed by atoms with van der Waals surface area (Å²) in [6.07, 6.45) is 0. The lowest BCUT2D eigenvalue weighted by Crippen LogP contribution is -2.33. The molecule has 2 rings (SSSR count). The van der Waals surface area contributed by atoms with Gasteiger partial charge in [0.2, 0.25) is 5.91 Å². The number of amides is 1. The predicted molar refractivity (Wildman–Crippen MR) is 92.5 cm³/mol. The van der Waals surface area contributed by atoms with E-state index in [9.17, 15) is 9.18 Å². The van der Waals surface area contributed by atoms with Gasteiger partial charge in [-0.15, -0.1) is 0 Å². The Labute approximate surface area is 141 Å². The first-order chi connectivity index (χ1) is 11.6. The molecule has 0 radical (unpaired) electrons. The molecule has 1 amide bonds. The number of methoxy groups -OCH3 is 2. The van der Waals surface area contributed by atoms with Crippen molar-refractivity contribution >= 4 is 17.3 Å². The number of nitrogens with one attached hydrogen (secondary N) is 1. The van der Waals surface area contributed by atoms with Crippen LogP contribution >= 0.6 is 0 Å². The molecule has 0 spiro atoms. The standard InChI is InChI=1S/C18H21FN2O3/c1-4-21(15-7-5-6-13(19)10-15)12-18(22)20-14-8-9-16(23-2)17(11-14)24-3/h5-11H,4,12H2,1-3H3,(H,20,22). The molecule has 5 nitrogen and oxygen atoms in total. The summed E-state index contributed by atoms with van der Waals surface area (Å²) in [5.41, 5.74) is 1.27. The number of hydrogen-bond donors (Lipinski definition) is 1. The van der Waals surface area contributed by atoms with Crippen LogP contribution in [-0.4, -0.2) is 33.2 Å². The lowest BCUT2D eigenvalue weighted by atomic mass is 10.2. The molecule has 0 heterocycles. The third-order valence-corrected chi connectivity index (χ3v) is 3.56. The number of nitrogens with zero attached hydrogens (tertiary/aromatic N) is 1. The maximum Gasteiger partial charge on any atom is 0.243 e. The van der Waals surface area contributed by atoms with E-state index in [2.05, 4.69) is 5.32 Å². The highest BCUT2D eigenvalue weighted by Crippen LogP contribution is 2.29. The minimum Gasteiger partial charge on any atom is -0.493 e. The van der Waals surface area contributed by atoms with Crippen molar-refractivity contribution in [3.8, 4) is 11.5 Å². The highest BCUT2D eigenvalue weighted by molar-refractivity contribution is 5.94. The Balaban J connectivity index is 2.06. The van der Waals surface area contributed by atoms with Gasteiger partial charge in [-0.05, 0) is 37.3 Å². The summed E-state index contributed by atoms with van der Waals surface area (Å²) < 4.78 is 23.7. The molecule has 0 bridgehead atoms. The number of carbonyl (C=O) groups is 1. The maximum atomic E-state index is 13.3. The quantitative estimate of drug-likeness (QED) is 0.845. The smallest absolute Gasteiger partial charge is 0.243 e. The monoisotopic (exact) mass is 332 g/mol. The van der Waals surface area contributed by atoms with Gasteiger partial charge in [0.05, 0.1) is 20.8 Å². The van der Waals surface area contributed by atoms with Crippen LogP contribution in [-0.2, 0) is 4.79 Å². The van der Waals surface area contributed by atoms with Gasteiger partial charge in [-0.2, -0.15) is 0 Å². The van der Waals surface area contributed by atoms with Gasteiger partial charge < -0.3 is 19.7 Å². The van der Waals surface area contributed by atoms with E-state index in [0.717, 1.165) is 0 Å². The molecule has 2 aromatic rings. The fourth-order valence-electron chi connectivity index (χ4n) is 2.35. The van der Waals surface area contributed by atoms with Gasteiger partial charge in [0.15, 0.2) is 11.5 Å². The molecule has 6 heteroatoms. The van der Waals surface area contributed by atoms with E-state index in [1.54, 1.807) is 42.3 Å². The Morgan fingerprint density at radius 1 is 1.12 bits per heavy atom. The Bertz CT molecular complexity index is 706. The molecule has 0 saturated carbocycles. The van der Waals surface area contributed by atoms with Gasteiger partial charge in [0.1, 0.15) is 5.82 Å². The number of rotatable bonds is 7. The van der Waals surface area contributed by atoms with Gasteiger partial charge in [-0.25, -0.2) is 4.39 Å². The molecule has 0 aliphatic carbocycles. The Morgan fingerprint density at radius 3 is 2.50 bits per heavy atom. The largest absolute Gasteiger partial charge is 0.493 e. The van der Waals surface area contributed by atoms with Crippen molar-refractivity contribution in [1.82, 2.24) is 0 Å². The summed E-state index contributed by atoms with van der Waals surface area (Å²) in [6.45, 7) is 2.62. The van der Waals surface area contributed by atoms with Gasteiger partial charge in [0, 0.05) is 24.0 Å². The average Bonchev–Trinajstić information content (AvgIpc) is 2.59. The van der Waals surface area contributed by atoms with Crippen LogP contribution in [0.3, 0.4) is 0 Å². The number of carbonyl (C=O) groups excluding carboxylic acids is 1. The number of halogens is 1. The van der Waals surface area contributed by atoms with E-state index in [4.69, 9.17) is 9.47 Å². The van der Waals surface area contributed by atoms with E-state index < -0.39 is 0 Å². The molecule has 0 unspecified atom stereocenters. The first kappa shape index (κ1) is 17.6. The van der Waals surface area contributed by atoms with Crippen molar-refractivity contribution < 1.29 is 18.7 Å². The second-order valence-electron chi connectivity index (χ2n) is 5.11. The minimum absolute atomic E-state index is 0.119. The molecule has 24 heavy (non-hydrogen) atoms. The molecule has 0 aliphatic heterocycles. The van der Waals surface area contributed by atoms with Crippen LogP contribution in [0.1, 0.15) is 6.92 Å². The number of hydrogen-bond acceptors (Lipinski definition) is 4. The second kappa shape index (κ2) is 8.19. The number of benzene rings is 2. The number of likely N-dealkylation sites (N-methyl/N-ethyl adjacent to an activating group) is 1.